The minimum absolute atomic E-state index is 0.341. The van der Waals surface area contributed by atoms with Crippen molar-refractivity contribution in [3.63, 3.8) is 0 Å². The number of hydrogen-bond acceptors (Lipinski definition) is 1. The Morgan fingerprint density at radius 1 is 1.33 bits per heavy atom. The van der Waals surface area contributed by atoms with Crippen molar-refractivity contribution in [2.75, 3.05) is 6.54 Å². The first kappa shape index (κ1) is 9.95. The van der Waals surface area contributed by atoms with E-state index in [9.17, 15) is 0 Å². The lowest BCUT2D eigenvalue weighted by Crippen LogP contribution is -2.31. The van der Waals surface area contributed by atoms with E-state index in [1.54, 1.807) is 0 Å². The summed E-state index contributed by atoms with van der Waals surface area (Å²) in [6.07, 6.45) is 1.29. The first-order chi connectivity index (χ1) is 7.14. The van der Waals surface area contributed by atoms with Crippen LogP contribution in [-0.2, 0) is 5.41 Å². The molecule has 0 amide bonds. The van der Waals surface area contributed by atoms with Gasteiger partial charge in [0.1, 0.15) is 0 Å². The summed E-state index contributed by atoms with van der Waals surface area (Å²) in [6, 6.07) is 6.62. The van der Waals surface area contributed by atoms with Gasteiger partial charge >= 0.3 is 0 Å². The van der Waals surface area contributed by atoms with E-state index in [1.807, 2.05) is 12.1 Å². The lowest BCUT2D eigenvalue weighted by Gasteiger charge is -2.20. The van der Waals surface area contributed by atoms with Crippen molar-refractivity contribution in [1.82, 2.24) is 5.32 Å². The smallest absolute Gasteiger partial charge is 0.0595 e. The molecule has 3 rings (SSSR count). The molecule has 0 aromatic heterocycles. The fourth-order valence-electron chi connectivity index (χ4n) is 3.02. The van der Waals surface area contributed by atoms with Gasteiger partial charge in [0.05, 0.1) is 10.0 Å². The topological polar surface area (TPSA) is 12.0 Å². The number of piperidine rings is 1. The Hall–Kier alpha value is -0.240. The minimum atomic E-state index is 0.341. The highest BCUT2D eigenvalue weighted by molar-refractivity contribution is 6.42. The Labute approximate surface area is 99.8 Å². The highest BCUT2D eigenvalue weighted by Gasteiger charge is 2.62. The second-order valence-electron chi connectivity index (χ2n) is 4.70. The van der Waals surface area contributed by atoms with E-state index < -0.39 is 0 Å². The largest absolute Gasteiger partial charge is 0.313 e. The highest BCUT2D eigenvalue weighted by atomic mass is 35.5. The van der Waals surface area contributed by atoms with E-state index in [4.69, 9.17) is 23.2 Å². The molecule has 0 bridgehead atoms. The van der Waals surface area contributed by atoms with Crippen LogP contribution in [-0.4, -0.2) is 12.6 Å². The summed E-state index contributed by atoms with van der Waals surface area (Å²) in [7, 11) is 0. The van der Waals surface area contributed by atoms with Gasteiger partial charge < -0.3 is 5.32 Å². The van der Waals surface area contributed by atoms with Gasteiger partial charge in [-0.2, -0.15) is 0 Å². The minimum Gasteiger partial charge on any atom is -0.313 e. The Morgan fingerprint density at radius 2 is 2.13 bits per heavy atom. The lowest BCUT2D eigenvalue weighted by atomic mass is 9.89. The fraction of sp³-hybridized carbons (Fsp3) is 0.500. The number of benzene rings is 1. The van der Waals surface area contributed by atoms with Crippen LogP contribution >= 0.6 is 23.2 Å². The van der Waals surface area contributed by atoms with Crippen LogP contribution in [0.5, 0.6) is 0 Å². The molecule has 1 aromatic rings. The first-order valence-corrected chi connectivity index (χ1v) is 6.09. The average molecular weight is 242 g/mol. The summed E-state index contributed by atoms with van der Waals surface area (Å²) in [5.41, 5.74) is 1.69. The summed E-state index contributed by atoms with van der Waals surface area (Å²) >= 11 is 12.0. The number of hydrogen-bond donors (Lipinski definition) is 1. The molecule has 3 heteroatoms. The third-order valence-electron chi connectivity index (χ3n) is 4.05. The second kappa shape index (κ2) is 3.13. The molecule has 1 aromatic carbocycles. The van der Waals surface area contributed by atoms with Gasteiger partial charge in [-0.25, -0.2) is 0 Å². The van der Waals surface area contributed by atoms with Gasteiger partial charge in [0.15, 0.2) is 0 Å². The molecular weight excluding hydrogens is 229 g/mol. The maximum atomic E-state index is 6.07. The first-order valence-electron chi connectivity index (χ1n) is 5.33. The Morgan fingerprint density at radius 3 is 2.67 bits per heavy atom. The molecule has 1 aliphatic heterocycles. The van der Waals surface area contributed by atoms with Crippen LogP contribution in [0.1, 0.15) is 18.9 Å². The molecule has 1 saturated heterocycles. The van der Waals surface area contributed by atoms with Crippen LogP contribution in [0.25, 0.3) is 0 Å². The molecule has 0 spiro atoms. The van der Waals surface area contributed by atoms with Crippen LogP contribution in [0.4, 0.5) is 0 Å². The van der Waals surface area contributed by atoms with Crippen molar-refractivity contribution < 1.29 is 0 Å². The normalized spacial score (nSPS) is 37.8. The zero-order chi connectivity index (χ0) is 10.6. The van der Waals surface area contributed by atoms with Crippen molar-refractivity contribution in [2.45, 2.75) is 24.8 Å². The van der Waals surface area contributed by atoms with Gasteiger partial charge in [0, 0.05) is 11.5 Å². The SMILES string of the molecule is C[C@H]1NCC2C[C@]21c1ccc(Cl)c(Cl)c1. The van der Waals surface area contributed by atoms with Gasteiger partial charge in [0.2, 0.25) is 0 Å². The molecule has 1 unspecified atom stereocenters. The summed E-state index contributed by atoms with van der Waals surface area (Å²) in [4.78, 5) is 0. The maximum Gasteiger partial charge on any atom is 0.0595 e. The van der Waals surface area contributed by atoms with Crippen molar-refractivity contribution in [3.8, 4) is 0 Å². The molecule has 1 N–H and O–H groups in total. The van der Waals surface area contributed by atoms with E-state index in [0.717, 1.165) is 12.5 Å². The molecule has 1 aliphatic carbocycles. The van der Waals surface area contributed by atoms with Crippen molar-refractivity contribution in [1.29, 1.82) is 0 Å². The van der Waals surface area contributed by atoms with E-state index in [0.29, 0.717) is 21.5 Å². The molecule has 80 valence electrons. The van der Waals surface area contributed by atoms with Crippen LogP contribution < -0.4 is 5.32 Å². The number of nitrogens with one attached hydrogen (secondary N) is 1. The predicted octanol–water partition coefficient (Wildman–Crippen LogP) is 3.24. The van der Waals surface area contributed by atoms with E-state index in [2.05, 4.69) is 18.3 Å². The predicted molar refractivity (Wildman–Crippen MR) is 63.7 cm³/mol. The maximum absolute atomic E-state index is 6.07. The summed E-state index contributed by atoms with van der Waals surface area (Å²) in [6.45, 7) is 3.40. The Kier molecular flexibility index (Phi) is 2.08. The molecule has 0 radical (unpaired) electrons. The summed E-state index contributed by atoms with van der Waals surface area (Å²) < 4.78 is 0. The quantitative estimate of drug-likeness (QED) is 0.797. The molecule has 2 fully saturated rings. The third kappa shape index (κ3) is 1.27. The highest BCUT2D eigenvalue weighted by Crippen LogP contribution is 2.59. The van der Waals surface area contributed by atoms with Crippen LogP contribution in [0.2, 0.25) is 10.0 Å². The third-order valence-corrected chi connectivity index (χ3v) is 4.79. The number of halogens is 2. The molecule has 2 aliphatic rings. The van der Waals surface area contributed by atoms with Crippen LogP contribution in [0, 0.1) is 5.92 Å². The monoisotopic (exact) mass is 241 g/mol. The van der Waals surface area contributed by atoms with Gasteiger partial charge in [-0.3, -0.25) is 0 Å². The van der Waals surface area contributed by atoms with Gasteiger partial charge in [-0.1, -0.05) is 29.3 Å². The zero-order valence-corrected chi connectivity index (χ0v) is 10.1. The number of fused-ring (bicyclic) bond motifs is 1. The van der Waals surface area contributed by atoms with Crippen molar-refractivity contribution in [2.24, 2.45) is 5.92 Å². The standard InChI is InChI=1S/C12H13Cl2N/c1-7-12(5-9(12)6-15-7)8-2-3-10(13)11(14)4-8/h2-4,7,9,15H,5-6H2,1H3/t7-,9?,12+/m1/s1. The second-order valence-corrected chi connectivity index (χ2v) is 5.51. The molecule has 1 saturated carbocycles. The number of rotatable bonds is 1. The van der Waals surface area contributed by atoms with Crippen LogP contribution in [0.3, 0.4) is 0 Å². The lowest BCUT2D eigenvalue weighted by molar-refractivity contribution is 0.520. The van der Waals surface area contributed by atoms with Crippen LogP contribution in [0.15, 0.2) is 18.2 Å². The molecule has 1 nitrogen and oxygen atoms in total. The Balaban J connectivity index is 2.03. The molecule has 15 heavy (non-hydrogen) atoms. The van der Waals surface area contributed by atoms with Gasteiger partial charge in [-0.05, 0) is 43.5 Å². The molecule has 1 heterocycles. The fourth-order valence-corrected chi connectivity index (χ4v) is 3.32. The Bertz CT molecular complexity index is 418. The van der Waals surface area contributed by atoms with Crippen molar-refractivity contribution in [3.05, 3.63) is 33.8 Å². The average Bonchev–Trinajstić information content (AvgIpc) is 2.87. The van der Waals surface area contributed by atoms with E-state index in [-0.39, 0.29) is 0 Å². The molecular formula is C12H13Cl2N. The van der Waals surface area contributed by atoms with Crippen molar-refractivity contribution >= 4 is 23.2 Å². The van der Waals surface area contributed by atoms with Gasteiger partial charge in [-0.15, -0.1) is 0 Å². The van der Waals surface area contributed by atoms with E-state index in [1.165, 1.54) is 12.0 Å². The summed E-state index contributed by atoms with van der Waals surface area (Å²) in [5.74, 6) is 0.796. The summed E-state index contributed by atoms with van der Waals surface area (Å²) in [5, 5.41) is 4.84. The zero-order valence-electron chi connectivity index (χ0n) is 8.56. The van der Waals surface area contributed by atoms with E-state index >= 15 is 0 Å². The van der Waals surface area contributed by atoms with Gasteiger partial charge in [0.25, 0.3) is 0 Å². The molecule has 3 atom stereocenters.